The van der Waals surface area contributed by atoms with Crippen LogP contribution in [0.4, 0.5) is 0 Å². The number of carbonyl (C=O) groups excluding carboxylic acids is 2. The van der Waals surface area contributed by atoms with Gasteiger partial charge in [0.1, 0.15) is 6.04 Å². The monoisotopic (exact) mass is 432 g/mol. The second-order valence-corrected chi connectivity index (χ2v) is 8.48. The van der Waals surface area contributed by atoms with Crippen LogP contribution in [0.3, 0.4) is 0 Å². The Morgan fingerprint density at radius 3 is 2.45 bits per heavy atom. The van der Waals surface area contributed by atoms with Crippen LogP contribution in [0, 0.1) is 0 Å². The predicted octanol–water partition coefficient (Wildman–Crippen LogP) is 5.16. The second-order valence-electron chi connectivity index (χ2n) is 6.88. The molecule has 2 rings (SSSR count). The Morgan fingerprint density at radius 2 is 1.79 bits per heavy atom. The number of unbranched alkanes of at least 4 members (excludes halogenated alkanes) is 1. The summed E-state index contributed by atoms with van der Waals surface area (Å²) in [6, 6.07) is 16.9. The molecule has 29 heavy (non-hydrogen) atoms. The van der Waals surface area contributed by atoms with Gasteiger partial charge in [-0.05, 0) is 43.2 Å². The zero-order valence-electron chi connectivity index (χ0n) is 17.1. The number of nitrogens with zero attached hydrogens (tertiary/aromatic N) is 1. The summed E-state index contributed by atoms with van der Waals surface area (Å²) >= 11 is 7.62. The largest absolute Gasteiger partial charge is 0.354 e. The molecular weight excluding hydrogens is 404 g/mol. The van der Waals surface area contributed by atoms with E-state index in [4.69, 9.17) is 11.6 Å². The Balaban J connectivity index is 2.02. The van der Waals surface area contributed by atoms with Crippen LogP contribution >= 0.6 is 23.4 Å². The molecule has 0 aromatic heterocycles. The minimum absolute atomic E-state index is 0.0264. The van der Waals surface area contributed by atoms with E-state index >= 15 is 0 Å². The molecule has 156 valence electrons. The van der Waals surface area contributed by atoms with Gasteiger partial charge in [-0.2, -0.15) is 0 Å². The molecular formula is C23H29ClN2O2S. The van der Waals surface area contributed by atoms with Crippen molar-refractivity contribution in [3.05, 3.63) is 65.2 Å². The van der Waals surface area contributed by atoms with Crippen LogP contribution in [0.15, 0.2) is 59.5 Å². The molecule has 0 bridgehead atoms. The third-order valence-electron chi connectivity index (χ3n) is 4.59. The summed E-state index contributed by atoms with van der Waals surface area (Å²) in [7, 11) is 0. The van der Waals surface area contributed by atoms with Gasteiger partial charge in [0.25, 0.3) is 0 Å². The number of halogens is 1. The number of amides is 2. The first-order valence-corrected chi connectivity index (χ1v) is 11.4. The molecule has 0 saturated carbocycles. The van der Waals surface area contributed by atoms with Crippen LogP contribution in [0.2, 0.25) is 5.02 Å². The van der Waals surface area contributed by atoms with Gasteiger partial charge >= 0.3 is 0 Å². The van der Waals surface area contributed by atoms with Gasteiger partial charge in [-0.1, -0.05) is 55.3 Å². The van der Waals surface area contributed by atoms with E-state index < -0.39 is 6.04 Å². The smallest absolute Gasteiger partial charge is 0.242 e. The van der Waals surface area contributed by atoms with Crippen molar-refractivity contribution in [3.63, 3.8) is 0 Å². The molecule has 2 amide bonds. The molecule has 1 atom stereocenters. The Kier molecular flexibility index (Phi) is 10.1. The zero-order valence-corrected chi connectivity index (χ0v) is 18.6. The summed E-state index contributed by atoms with van der Waals surface area (Å²) in [5.74, 6) is 0.530. The SMILES string of the molecule is CCCCNC(=O)C(C)N(Cc1ccc(Cl)cc1)C(=O)CCSc1ccccc1. The van der Waals surface area contributed by atoms with Crippen molar-refractivity contribution >= 4 is 35.2 Å². The summed E-state index contributed by atoms with van der Waals surface area (Å²) in [6.07, 6.45) is 2.32. The Bertz CT molecular complexity index is 768. The molecule has 0 aliphatic heterocycles. The van der Waals surface area contributed by atoms with Gasteiger partial charge in [-0.3, -0.25) is 9.59 Å². The molecule has 0 fully saturated rings. The lowest BCUT2D eigenvalue weighted by Gasteiger charge is -2.29. The van der Waals surface area contributed by atoms with Gasteiger partial charge in [0.2, 0.25) is 11.8 Å². The fraction of sp³-hybridized carbons (Fsp3) is 0.391. The van der Waals surface area contributed by atoms with Crippen LogP contribution < -0.4 is 5.32 Å². The first-order valence-electron chi connectivity index (χ1n) is 10.0. The Hall–Kier alpha value is -1.98. The third-order valence-corrected chi connectivity index (χ3v) is 5.86. The van der Waals surface area contributed by atoms with Crippen LogP contribution in [-0.2, 0) is 16.1 Å². The molecule has 0 saturated heterocycles. The quantitative estimate of drug-likeness (QED) is 0.394. The van der Waals surface area contributed by atoms with Gasteiger partial charge in [0, 0.05) is 35.2 Å². The van der Waals surface area contributed by atoms with Crippen molar-refractivity contribution in [2.75, 3.05) is 12.3 Å². The molecule has 2 aromatic rings. The topological polar surface area (TPSA) is 49.4 Å². The molecule has 0 heterocycles. The van der Waals surface area contributed by atoms with E-state index in [2.05, 4.69) is 12.2 Å². The zero-order chi connectivity index (χ0) is 21.1. The minimum Gasteiger partial charge on any atom is -0.354 e. The first-order chi connectivity index (χ1) is 14.0. The van der Waals surface area contributed by atoms with E-state index in [-0.39, 0.29) is 11.8 Å². The molecule has 0 aliphatic carbocycles. The summed E-state index contributed by atoms with van der Waals surface area (Å²) in [4.78, 5) is 28.4. The number of carbonyl (C=O) groups is 2. The maximum absolute atomic E-state index is 13.0. The van der Waals surface area contributed by atoms with Crippen LogP contribution in [0.5, 0.6) is 0 Å². The number of rotatable bonds is 11. The van der Waals surface area contributed by atoms with Crippen LogP contribution in [-0.4, -0.2) is 35.1 Å². The standard InChI is InChI=1S/C23H29ClN2O2S/c1-3-4-15-25-23(28)18(2)26(17-19-10-12-20(24)13-11-19)22(27)14-16-29-21-8-6-5-7-9-21/h5-13,18H,3-4,14-17H2,1-2H3,(H,25,28). The average molecular weight is 433 g/mol. The van der Waals surface area contributed by atoms with Crippen LogP contribution in [0.25, 0.3) is 0 Å². The van der Waals surface area contributed by atoms with E-state index in [9.17, 15) is 9.59 Å². The Labute approximate surface area is 183 Å². The lowest BCUT2D eigenvalue weighted by atomic mass is 10.1. The van der Waals surface area contributed by atoms with Crippen molar-refractivity contribution in [2.24, 2.45) is 0 Å². The number of benzene rings is 2. The highest BCUT2D eigenvalue weighted by Crippen LogP contribution is 2.20. The fourth-order valence-corrected chi connectivity index (χ4v) is 3.81. The van der Waals surface area contributed by atoms with E-state index in [1.54, 1.807) is 35.7 Å². The maximum atomic E-state index is 13.0. The van der Waals surface area contributed by atoms with Crippen molar-refractivity contribution < 1.29 is 9.59 Å². The summed E-state index contributed by atoms with van der Waals surface area (Å²) < 4.78 is 0. The maximum Gasteiger partial charge on any atom is 0.242 e. The van der Waals surface area contributed by atoms with E-state index in [0.717, 1.165) is 23.3 Å². The number of nitrogens with one attached hydrogen (secondary N) is 1. The molecule has 2 aromatic carbocycles. The lowest BCUT2D eigenvalue weighted by Crippen LogP contribution is -2.47. The number of hydrogen-bond acceptors (Lipinski definition) is 3. The second kappa shape index (κ2) is 12.6. The van der Waals surface area contributed by atoms with Crippen molar-refractivity contribution in [1.29, 1.82) is 0 Å². The molecule has 1 unspecified atom stereocenters. The van der Waals surface area contributed by atoms with Crippen LogP contribution in [0.1, 0.15) is 38.7 Å². The predicted molar refractivity (Wildman–Crippen MR) is 121 cm³/mol. The van der Waals surface area contributed by atoms with Gasteiger partial charge in [0.15, 0.2) is 0 Å². The lowest BCUT2D eigenvalue weighted by molar-refractivity contribution is -0.140. The molecule has 4 nitrogen and oxygen atoms in total. The summed E-state index contributed by atoms with van der Waals surface area (Å²) in [5, 5.41) is 3.59. The normalized spacial score (nSPS) is 11.7. The van der Waals surface area contributed by atoms with E-state index in [0.29, 0.717) is 30.3 Å². The summed E-state index contributed by atoms with van der Waals surface area (Å²) in [5.41, 5.74) is 0.951. The Morgan fingerprint density at radius 1 is 1.10 bits per heavy atom. The van der Waals surface area contributed by atoms with E-state index in [1.165, 1.54) is 0 Å². The van der Waals surface area contributed by atoms with Gasteiger partial charge in [-0.15, -0.1) is 11.8 Å². The fourth-order valence-electron chi connectivity index (χ4n) is 2.82. The van der Waals surface area contributed by atoms with Gasteiger partial charge in [-0.25, -0.2) is 0 Å². The van der Waals surface area contributed by atoms with Crippen molar-refractivity contribution in [1.82, 2.24) is 10.2 Å². The number of hydrogen-bond donors (Lipinski definition) is 1. The van der Waals surface area contributed by atoms with E-state index in [1.807, 2.05) is 42.5 Å². The molecule has 0 radical (unpaired) electrons. The third kappa shape index (κ3) is 8.11. The highest BCUT2D eigenvalue weighted by atomic mass is 35.5. The molecule has 1 N–H and O–H groups in total. The summed E-state index contributed by atoms with van der Waals surface area (Å²) in [6.45, 7) is 4.89. The molecule has 0 spiro atoms. The van der Waals surface area contributed by atoms with Crippen molar-refractivity contribution in [3.8, 4) is 0 Å². The first kappa shape index (κ1) is 23.3. The minimum atomic E-state index is -0.531. The molecule has 6 heteroatoms. The highest BCUT2D eigenvalue weighted by molar-refractivity contribution is 7.99. The van der Waals surface area contributed by atoms with Crippen molar-refractivity contribution in [2.45, 2.75) is 50.6 Å². The highest BCUT2D eigenvalue weighted by Gasteiger charge is 2.25. The van der Waals surface area contributed by atoms with Gasteiger partial charge in [0.05, 0.1) is 0 Å². The number of thioether (sulfide) groups is 1. The molecule has 0 aliphatic rings. The average Bonchev–Trinajstić information content (AvgIpc) is 2.73. The van der Waals surface area contributed by atoms with Gasteiger partial charge < -0.3 is 10.2 Å².